The van der Waals surface area contributed by atoms with Crippen molar-refractivity contribution in [2.75, 3.05) is 46.8 Å². The summed E-state index contributed by atoms with van der Waals surface area (Å²) in [7, 11) is -0.949. The van der Waals surface area contributed by atoms with E-state index in [1.54, 1.807) is 38.4 Å². The molecule has 0 saturated carbocycles. The first-order valence-corrected chi connectivity index (χ1v) is 12.3. The Morgan fingerprint density at radius 3 is 2.21 bits per heavy atom. The first-order chi connectivity index (χ1) is 15.6. The number of urea groups is 1. The van der Waals surface area contributed by atoms with Gasteiger partial charge < -0.3 is 9.80 Å². The monoisotopic (exact) mass is 501 g/mol. The van der Waals surface area contributed by atoms with Crippen molar-refractivity contribution in [2.45, 2.75) is 18.9 Å². The van der Waals surface area contributed by atoms with E-state index >= 15 is 0 Å². The van der Waals surface area contributed by atoms with Crippen molar-refractivity contribution in [3.8, 4) is 0 Å². The number of nitrogens with one attached hydrogen (secondary N) is 1. The zero-order valence-corrected chi connectivity index (χ0v) is 20.0. The largest absolute Gasteiger partial charge is 0.331 e. The molecule has 11 nitrogen and oxygen atoms in total. The Hall–Kier alpha value is -2.25. The van der Waals surface area contributed by atoms with E-state index in [1.807, 2.05) is 0 Å². The summed E-state index contributed by atoms with van der Waals surface area (Å²) in [5.74, 6) is -1.29. The third-order valence-corrected chi connectivity index (χ3v) is 8.27. The number of ketones is 1. The number of Topliss-reactive ketones (excluding diaryl/α,β-unsaturated/α-hetero) is 1. The summed E-state index contributed by atoms with van der Waals surface area (Å²) in [5, 5.41) is 9.67. The van der Waals surface area contributed by atoms with Gasteiger partial charge in [-0.3, -0.25) is 14.8 Å². The molecule has 1 unspecified atom stereocenters. The quantitative estimate of drug-likeness (QED) is 0.346. The van der Waals surface area contributed by atoms with Crippen LogP contribution in [0.15, 0.2) is 24.3 Å². The van der Waals surface area contributed by atoms with Crippen LogP contribution in [0.4, 0.5) is 4.79 Å². The maximum Gasteiger partial charge on any atom is 0.319 e. The topological polar surface area (TPSA) is 131 Å². The first kappa shape index (κ1) is 25.4. The number of hydrogen-bond donors (Lipinski definition) is 2. The van der Waals surface area contributed by atoms with E-state index in [2.05, 4.69) is 0 Å². The minimum atomic E-state index is -4.06. The highest BCUT2D eigenvalue weighted by Gasteiger charge is 2.44. The summed E-state index contributed by atoms with van der Waals surface area (Å²) in [6, 6.07) is 4.96. The van der Waals surface area contributed by atoms with Crippen LogP contribution in [0.3, 0.4) is 0 Å². The lowest BCUT2D eigenvalue weighted by Crippen LogP contribution is -2.64. The summed E-state index contributed by atoms with van der Waals surface area (Å²) < 4.78 is 28.9. The zero-order chi connectivity index (χ0) is 24.3. The second-order valence-corrected chi connectivity index (χ2v) is 10.6. The number of carbonyl (C=O) groups excluding carboxylic acids is 3. The molecule has 2 fully saturated rings. The lowest BCUT2D eigenvalue weighted by atomic mass is 9.90. The number of carbonyl (C=O) groups is 3. The molecule has 2 aliphatic heterocycles. The van der Waals surface area contributed by atoms with Gasteiger partial charge in [0.05, 0.1) is 0 Å². The van der Waals surface area contributed by atoms with Crippen molar-refractivity contribution in [3.05, 3.63) is 34.9 Å². The average Bonchev–Trinajstić information content (AvgIpc) is 2.82. The molecule has 0 bridgehead atoms. The molecule has 1 atom stereocenters. The molecule has 3 amide bonds. The molecule has 0 radical (unpaired) electrons. The Balaban J connectivity index is 1.70. The van der Waals surface area contributed by atoms with Crippen LogP contribution in [-0.4, -0.2) is 103 Å². The van der Waals surface area contributed by atoms with Crippen LogP contribution in [0.25, 0.3) is 0 Å². The summed E-state index contributed by atoms with van der Waals surface area (Å²) in [6.07, 6.45) is 0.688. The van der Waals surface area contributed by atoms with Gasteiger partial charge in [-0.1, -0.05) is 11.6 Å². The molecule has 2 heterocycles. The second kappa shape index (κ2) is 10.3. The normalized spacial score (nSPS) is 21.0. The van der Waals surface area contributed by atoms with Crippen LogP contribution < -0.4 is 5.48 Å². The Labute approximate surface area is 198 Å². The third-order valence-electron chi connectivity index (χ3n) is 5.97. The molecule has 3 rings (SSSR count). The number of amides is 3. The highest BCUT2D eigenvalue weighted by atomic mass is 35.5. The van der Waals surface area contributed by atoms with E-state index in [0.717, 1.165) is 4.31 Å². The fourth-order valence-electron chi connectivity index (χ4n) is 4.13. The standard InChI is InChI=1S/C20H28ClN5O6S/c1-23(2)20(29)24-11-12-26(17(13-24)19(28)22-30)33(31,32)25-9-7-15(8-10-25)18(27)14-3-5-16(21)6-4-14/h3-6,15,17,30H,7-13H2,1-2H3,(H,22,28). The summed E-state index contributed by atoms with van der Waals surface area (Å²) >= 11 is 5.87. The van der Waals surface area contributed by atoms with Gasteiger partial charge in [-0.2, -0.15) is 17.0 Å². The van der Waals surface area contributed by atoms with Gasteiger partial charge in [-0.25, -0.2) is 10.3 Å². The number of rotatable bonds is 5. The van der Waals surface area contributed by atoms with Crippen LogP contribution in [0.5, 0.6) is 0 Å². The van der Waals surface area contributed by atoms with E-state index in [4.69, 9.17) is 16.8 Å². The van der Waals surface area contributed by atoms with E-state index in [9.17, 15) is 22.8 Å². The number of benzene rings is 1. The minimum absolute atomic E-state index is 0.0583. The van der Waals surface area contributed by atoms with Crippen LogP contribution >= 0.6 is 11.6 Å². The minimum Gasteiger partial charge on any atom is -0.331 e. The number of piperidine rings is 1. The van der Waals surface area contributed by atoms with Crippen molar-refractivity contribution in [1.82, 2.24) is 23.9 Å². The SMILES string of the molecule is CN(C)C(=O)N1CCN(S(=O)(=O)N2CCC(C(=O)c3ccc(Cl)cc3)CC2)C(C(=O)NO)C1. The van der Waals surface area contributed by atoms with E-state index in [1.165, 1.54) is 19.6 Å². The van der Waals surface area contributed by atoms with Gasteiger partial charge in [0.15, 0.2) is 5.78 Å². The zero-order valence-electron chi connectivity index (χ0n) is 18.5. The Morgan fingerprint density at radius 2 is 1.67 bits per heavy atom. The molecule has 0 aliphatic carbocycles. The molecule has 2 aliphatic rings. The van der Waals surface area contributed by atoms with Gasteiger partial charge in [-0.05, 0) is 37.1 Å². The van der Waals surface area contributed by atoms with Crippen molar-refractivity contribution < 1.29 is 28.0 Å². The number of halogens is 1. The first-order valence-electron chi connectivity index (χ1n) is 10.5. The van der Waals surface area contributed by atoms with Gasteiger partial charge >= 0.3 is 6.03 Å². The van der Waals surface area contributed by atoms with Crippen LogP contribution in [0.1, 0.15) is 23.2 Å². The van der Waals surface area contributed by atoms with Crippen LogP contribution in [0.2, 0.25) is 5.02 Å². The smallest absolute Gasteiger partial charge is 0.319 e. The lowest BCUT2D eigenvalue weighted by Gasteiger charge is -2.42. The molecular formula is C20H28ClN5O6S. The molecule has 1 aromatic rings. The maximum absolute atomic E-state index is 13.3. The molecule has 1 aromatic carbocycles. The molecule has 0 spiro atoms. The second-order valence-electron chi connectivity index (χ2n) is 8.28. The van der Waals surface area contributed by atoms with Crippen molar-refractivity contribution in [2.24, 2.45) is 5.92 Å². The molecule has 2 N–H and O–H groups in total. The number of hydroxylamine groups is 1. The van der Waals surface area contributed by atoms with Crippen LogP contribution in [0, 0.1) is 5.92 Å². The number of piperazine rings is 1. The number of hydrogen-bond acceptors (Lipinski definition) is 6. The van der Waals surface area contributed by atoms with Gasteiger partial charge in [-0.15, -0.1) is 0 Å². The molecule has 33 heavy (non-hydrogen) atoms. The predicted octanol–water partition coefficient (Wildman–Crippen LogP) is 0.653. The number of nitrogens with zero attached hydrogens (tertiary/aromatic N) is 4. The van der Waals surface area contributed by atoms with Crippen LogP contribution in [-0.2, 0) is 15.0 Å². The van der Waals surface area contributed by atoms with Crippen molar-refractivity contribution in [3.63, 3.8) is 0 Å². The average molecular weight is 502 g/mol. The van der Waals surface area contributed by atoms with E-state index < -0.39 is 22.2 Å². The molecule has 2 saturated heterocycles. The molecule has 13 heteroatoms. The fraction of sp³-hybridized carbons (Fsp3) is 0.550. The molecule has 182 valence electrons. The summed E-state index contributed by atoms with van der Waals surface area (Å²) in [5.41, 5.74) is 2.03. The molecule has 0 aromatic heterocycles. The maximum atomic E-state index is 13.3. The Morgan fingerprint density at radius 1 is 1.06 bits per heavy atom. The predicted molar refractivity (Wildman–Crippen MR) is 120 cm³/mol. The summed E-state index contributed by atoms with van der Waals surface area (Å²) in [6.45, 7) is 0.0715. The van der Waals surface area contributed by atoms with Gasteiger partial charge in [0.25, 0.3) is 16.1 Å². The molecular weight excluding hydrogens is 474 g/mol. The van der Waals surface area contributed by atoms with Crippen molar-refractivity contribution in [1.29, 1.82) is 0 Å². The lowest BCUT2D eigenvalue weighted by molar-refractivity contribution is -0.134. The third kappa shape index (κ3) is 5.46. The fourth-order valence-corrected chi connectivity index (χ4v) is 6.03. The van der Waals surface area contributed by atoms with Gasteiger partial charge in [0.2, 0.25) is 0 Å². The Bertz CT molecular complexity index is 995. The summed E-state index contributed by atoms with van der Waals surface area (Å²) in [4.78, 5) is 40.0. The highest BCUT2D eigenvalue weighted by Crippen LogP contribution is 2.27. The van der Waals surface area contributed by atoms with Gasteiger partial charge in [0, 0.05) is 63.3 Å². The van der Waals surface area contributed by atoms with E-state index in [0.29, 0.717) is 23.4 Å². The van der Waals surface area contributed by atoms with Gasteiger partial charge in [0.1, 0.15) is 6.04 Å². The van der Waals surface area contributed by atoms with Crippen molar-refractivity contribution >= 4 is 39.5 Å². The van der Waals surface area contributed by atoms with E-state index in [-0.39, 0.29) is 50.5 Å². The highest BCUT2D eigenvalue weighted by molar-refractivity contribution is 7.86. The Kier molecular flexibility index (Phi) is 7.96.